The van der Waals surface area contributed by atoms with Gasteiger partial charge in [0.25, 0.3) is 10.0 Å². The van der Waals surface area contributed by atoms with Gasteiger partial charge in [-0.2, -0.15) is 0 Å². The predicted molar refractivity (Wildman–Crippen MR) is 117 cm³/mol. The lowest BCUT2D eigenvalue weighted by atomic mass is 10.2. The van der Waals surface area contributed by atoms with Gasteiger partial charge in [-0.25, -0.2) is 27.5 Å². The molecule has 4 amide bonds. The molecule has 2 aromatic carbocycles. The van der Waals surface area contributed by atoms with Crippen molar-refractivity contribution >= 4 is 46.6 Å². The number of hydrogen-bond acceptors (Lipinski definition) is 7. The summed E-state index contributed by atoms with van der Waals surface area (Å²) in [6.07, 6.45) is 0.419. The smallest absolute Gasteiger partial charge is 0.338 e. The summed E-state index contributed by atoms with van der Waals surface area (Å²) in [6.45, 7) is 2.23. The van der Waals surface area contributed by atoms with Crippen molar-refractivity contribution in [3.63, 3.8) is 0 Å². The molecule has 0 bridgehead atoms. The summed E-state index contributed by atoms with van der Waals surface area (Å²) in [5, 5.41) is 4.88. The van der Waals surface area contributed by atoms with Gasteiger partial charge in [-0.15, -0.1) is 0 Å². The zero-order valence-corrected chi connectivity index (χ0v) is 18.3. The number of aryl methyl sites for hydroxylation is 1. The van der Waals surface area contributed by atoms with E-state index in [1.165, 1.54) is 36.4 Å². The number of carbonyl (C=O) groups excluding carboxylic acids is 3. The molecular weight excluding hydrogens is 444 g/mol. The van der Waals surface area contributed by atoms with Crippen LogP contribution in [0.25, 0.3) is 0 Å². The molecule has 4 N–H and O–H groups in total. The summed E-state index contributed by atoms with van der Waals surface area (Å²) >= 11 is 3.58. The van der Waals surface area contributed by atoms with Crippen molar-refractivity contribution in [1.82, 2.24) is 14.8 Å². The Morgan fingerprint density at radius 3 is 2.23 bits per heavy atom. The predicted octanol–water partition coefficient (Wildman–Crippen LogP) is 2.20. The fourth-order valence-corrected chi connectivity index (χ4v) is 3.29. The number of benzene rings is 2. The number of amides is 4. The zero-order valence-electron chi connectivity index (χ0n) is 16.5. The Morgan fingerprint density at radius 1 is 0.968 bits per heavy atom. The van der Waals surface area contributed by atoms with E-state index in [2.05, 4.69) is 28.2 Å². The minimum atomic E-state index is -4.01. The number of rotatable bonds is 8. The molecule has 0 heterocycles. The summed E-state index contributed by atoms with van der Waals surface area (Å²) in [6, 6.07) is 10.4. The molecule has 0 atom stereocenters. The highest BCUT2D eigenvalue weighted by Gasteiger charge is 2.17. The fourth-order valence-electron chi connectivity index (χ4n) is 2.31. The van der Waals surface area contributed by atoms with Gasteiger partial charge in [0.15, 0.2) is 0 Å². The van der Waals surface area contributed by atoms with E-state index in [0.717, 1.165) is 5.56 Å². The second kappa shape index (κ2) is 11.2. The van der Waals surface area contributed by atoms with Gasteiger partial charge in [0, 0.05) is 12.2 Å². The minimum Gasteiger partial charge on any atom is -0.462 e. The Kier molecular flexibility index (Phi) is 8.70. The maximum absolute atomic E-state index is 12.2. The highest BCUT2D eigenvalue weighted by atomic mass is 32.2. The fraction of sp³-hybridized carbons (Fsp3) is 0.211. The number of nitrogens with one attached hydrogen (secondary N) is 4. The third-order valence-corrected chi connectivity index (χ3v) is 5.43. The molecule has 0 fully saturated rings. The Labute approximate surface area is 185 Å². The van der Waals surface area contributed by atoms with Crippen molar-refractivity contribution in [3.8, 4) is 0 Å². The van der Waals surface area contributed by atoms with E-state index in [9.17, 15) is 22.8 Å². The monoisotopic (exact) mass is 466 g/mol. The molecule has 166 valence electrons. The summed E-state index contributed by atoms with van der Waals surface area (Å²) in [7, 11) is -4.01. The lowest BCUT2D eigenvalue weighted by Gasteiger charge is -2.10. The van der Waals surface area contributed by atoms with Crippen LogP contribution in [0.1, 0.15) is 22.3 Å². The van der Waals surface area contributed by atoms with Crippen LogP contribution >= 0.6 is 12.8 Å². The van der Waals surface area contributed by atoms with Crippen molar-refractivity contribution in [3.05, 3.63) is 59.7 Å². The third kappa shape index (κ3) is 7.83. The van der Waals surface area contributed by atoms with Crippen LogP contribution in [0.15, 0.2) is 53.4 Å². The quantitative estimate of drug-likeness (QED) is 0.229. The van der Waals surface area contributed by atoms with E-state index < -0.39 is 28.1 Å². The minimum absolute atomic E-state index is 0.0345. The van der Waals surface area contributed by atoms with Gasteiger partial charge in [-0.1, -0.05) is 30.5 Å². The average molecular weight is 467 g/mol. The SMILES string of the molecule is Cc1ccc(S(=O)(=O)NC(=O)Nc2ccc(C(=O)OCCCNC(=O)NS)cc2)cc1. The van der Waals surface area contributed by atoms with E-state index in [0.29, 0.717) is 13.0 Å². The standard InChI is InChI=1S/C19H22N4O6S2/c1-13-3-9-16(10-4-13)31(27,28)23-19(26)21-15-7-5-14(6-8-15)17(24)29-12-2-11-20-18(25)22-30/h3-10,30H,2,11-12H2,1H3,(H2,20,22,25)(H2,21,23,26). The Hall–Kier alpha value is -3.25. The van der Waals surface area contributed by atoms with Crippen LogP contribution in [0.2, 0.25) is 0 Å². The molecule has 0 aliphatic rings. The lowest BCUT2D eigenvalue weighted by molar-refractivity contribution is 0.0501. The van der Waals surface area contributed by atoms with E-state index in [4.69, 9.17) is 4.74 Å². The molecule has 0 aromatic heterocycles. The number of sulfonamides is 1. The number of urea groups is 2. The Morgan fingerprint density at radius 2 is 1.61 bits per heavy atom. The van der Waals surface area contributed by atoms with Crippen LogP contribution in [0.5, 0.6) is 0 Å². The number of ether oxygens (including phenoxy) is 1. The van der Waals surface area contributed by atoms with Gasteiger partial charge in [-0.05, 0) is 49.7 Å². The van der Waals surface area contributed by atoms with Crippen LogP contribution in [0.4, 0.5) is 15.3 Å². The Balaban J connectivity index is 1.83. The van der Waals surface area contributed by atoms with Crippen LogP contribution in [-0.4, -0.2) is 39.6 Å². The highest BCUT2D eigenvalue weighted by Crippen LogP contribution is 2.13. The van der Waals surface area contributed by atoms with Crippen molar-refractivity contribution < 1.29 is 27.5 Å². The Bertz CT molecular complexity index is 1020. The molecular formula is C19H22N4O6S2. The first-order valence-corrected chi connectivity index (χ1v) is 11.0. The topological polar surface area (TPSA) is 143 Å². The van der Waals surface area contributed by atoms with Crippen molar-refractivity contribution in [2.45, 2.75) is 18.2 Å². The molecule has 31 heavy (non-hydrogen) atoms. The molecule has 12 heteroatoms. The van der Waals surface area contributed by atoms with E-state index in [-0.39, 0.29) is 22.8 Å². The van der Waals surface area contributed by atoms with Crippen molar-refractivity contribution in [1.29, 1.82) is 0 Å². The second-order valence-corrected chi connectivity index (χ2v) is 8.21. The third-order valence-electron chi connectivity index (χ3n) is 3.88. The molecule has 0 saturated carbocycles. The number of thiol groups is 1. The maximum atomic E-state index is 12.2. The summed E-state index contributed by atoms with van der Waals surface area (Å²) < 4.78 is 33.6. The van der Waals surface area contributed by atoms with Gasteiger partial charge < -0.3 is 15.4 Å². The van der Waals surface area contributed by atoms with Crippen molar-refractivity contribution in [2.24, 2.45) is 0 Å². The van der Waals surface area contributed by atoms with Gasteiger partial charge in [-0.3, -0.25) is 4.72 Å². The largest absolute Gasteiger partial charge is 0.462 e. The van der Waals surface area contributed by atoms with Crippen LogP contribution in [0, 0.1) is 6.92 Å². The van der Waals surface area contributed by atoms with Crippen LogP contribution in [0.3, 0.4) is 0 Å². The molecule has 0 saturated heterocycles. The second-order valence-electron chi connectivity index (χ2n) is 6.31. The number of anilines is 1. The highest BCUT2D eigenvalue weighted by molar-refractivity contribution is 7.90. The normalized spacial score (nSPS) is 10.6. The average Bonchev–Trinajstić information content (AvgIpc) is 2.73. The van der Waals surface area contributed by atoms with Crippen LogP contribution in [-0.2, 0) is 14.8 Å². The molecule has 0 aliphatic heterocycles. The molecule has 0 unspecified atom stereocenters. The first-order valence-electron chi connectivity index (χ1n) is 9.07. The molecule has 0 radical (unpaired) electrons. The van der Waals surface area contributed by atoms with Crippen molar-refractivity contribution in [2.75, 3.05) is 18.5 Å². The number of esters is 1. The molecule has 0 spiro atoms. The van der Waals surface area contributed by atoms with Gasteiger partial charge >= 0.3 is 18.0 Å². The van der Waals surface area contributed by atoms with Crippen LogP contribution < -0.4 is 20.1 Å². The molecule has 10 nitrogen and oxygen atoms in total. The summed E-state index contributed by atoms with van der Waals surface area (Å²) in [5.74, 6) is -0.573. The first kappa shape index (κ1) is 24.0. The van der Waals surface area contributed by atoms with E-state index in [1.807, 2.05) is 11.6 Å². The van der Waals surface area contributed by atoms with Gasteiger partial charge in [0.1, 0.15) is 0 Å². The number of hydrogen-bond donors (Lipinski definition) is 5. The molecule has 2 aromatic rings. The van der Waals surface area contributed by atoms with Gasteiger partial charge in [0.2, 0.25) is 0 Å². The maximum Gasteiger partial charge on any atom is 0.338 e. The van der Waals surface area contributed by atoms with E-state index >= 15 is 0 Å². The molecule has 0 aliphatic carbocycles. The zero-order chi connectivity index (χ0) is 22.9. The first-order chi connectivity index (χ1) is 14.7. The summed E-state index contributed by atoms with van der Waals surface area (Å²) in [4.78, 5) is 34.9. The lowest BCUT2D eigenvalue weighted by Crippen LogP contribution is -2.34. The summed E-state index contributed by atoms with van der Waals surface area (Å²) in [5.41, 5.74) is 1.43. The van der Waals surface area contributed by atoms with Gasteiger partial charge in [0.05, 0.1) is 17.1 Å². The number of carbonyl (C=O) groups is 3. The molecule has 2 rings (SSSR count). The van der Waals surface area contributed by atoms with E-state index in [1.54, 1.807) is 12.1 Å².